The van der Waals surface area contributed by atoms with Crippen molar-refractivity contribution in [2.45, 2.75) is 13.3 Å². The van der Waals surface area contributed by atoms with Crippen molar-refractivity contribution in [1.29, 1.82) is 0 Å². The monoisotopic (exact) mass is 240 g/mol. The Morgan fingerprint density at radius 3 is 2.41 bits per heavy atom. The molecule has 17 heavy (non-hydrogen) atoms. The lowest BCUT2D eigenvalue weighted by Gasteiger charge is -1.95. The molecule has 0 spiro atoms. The summed E-state index contributed by atoms with van der Waals surface area (Å²) in [5.74, 6) is -1.60. The minimum atomic E-state index is -0.663. The minimum absolute atomic E-state index is 0.0618. The van der Waals surface area contributed by atoms with Gasteiger partial charge in [-0.05, 0) is 6.92 Å². The van der Waals surface area contributed by atoms with E-state index in [1.165, 1.54) is 27.2 Å². The second kappa shape index (κ2) is 5.29. The first kappa shape index (κ1) is 13.0. The van der Waals surface area contributed by atoms with E-state index < -0.39 is 24.1 Å². The Balaban J connectivity index is 2.90. The molecule has 1 aromatic rings. The number of ether oxygens (including phenoxy) is 2. The van der Waals surface area contributed by atoms with Gasteiger partial charge in [-0.2, -0.15) is 0 Å². The van der Waals surface area contributed by atoms with E-state index in [1.807, 2.05) is 0 Å². The number of esters is 2. The predicted octanol–water partition coefficient (Wildman–Crippen LogP) is 1.12. The molecule has 6 nitrogen and oxygen atoms in total. The smallest absolute Gasteiger partial charge is 0.341 e. The zero-order valence-corrected chi connectivity index (χ0v) is 9.73. The lowest BCUT2D eigenvalue weighted by molar-refractivity contribution is -0.139. The lowest BCUT2D eigenvalue weighted by atomic mass is 10.2. The molecule has 1 aromatic heterocycles. The Labute approximate surface area is 97.5 Å². The Morgan fingerprint density at radius 1 is 1.24 bits per heavy atom. The first-order valence-corrected chi connectivity index (χ1v) is 4.78. The number of hydrogen-bond acceptors (Lipinski definition) is 6. The van der Waals surface area contributed by atoms with Crippen LogP contribution in [0.1, 0.15) is 33.1 Å². The fraction of sp³-hybridized carbons (Fsp3) is 0.364. The Morgan fingerprint density at radius 2 is 1.88 bits per heavy atom. The van der Waals surface area contributed by atoms with E-state index in [0.717, 1.165) is 0 Å². The Kier molecular flexibility index (Phi) is 4.03. The van der Waals surface area contributed by atoms with E-state index >= 15 is 0 Å². The fourth-order valence-corrected chi connectivity index (χ4v) is 1.22. The first-order chi connectivity index (χ1) is 7.99. The van der Waals surface area contributed by atoms with Gasteiger partial charge in [-0.25, -0.2) is 4.79 Å². The standard InChI is InChI=1S/C11H12O6/c1-6-7(11(14)16-3)4-9(17-6)8(12)5-10(13)15-2/h4H,5H2,1-3H3. The van der Waals surface area contributed by atoms with Crippen molar-refractivity contribution in [2.75, 3.05) is 14.2 Å². The van der Waals surface area contributed by atoms with E-state index in [-0.39, 0.29) is 17.1 Å². The normalized spacial score (nSPS) is 9.82. The summed E-state index contributed by atoms with van der Waals surface area (Å²) < 4.78 is 14.0. The summed E-state index contributed by atoms with van der Waals surface area (Å²) >= 11 is 0. The van der Waals surface area contributed by atoms with Crippen LogP contribution in [0.25, 0.3) is 0 Å². The molecule has 0 fully saturated rings. The Bertz CT molecular complexity index is 457. The lowest BCUT2D eigenvalue weighted by Crippen LogP contribution is -2.08. The molecule has 0 aliphatic heterocycles. The molecule has 0 radical (unpaired) electrons. The molecule has 0 aliphatic carbocycles. The molecule has 0 atom stereocenters. The van der Waals surface area contributed by atoms with Crippen LogP contribution in [0.4, 0.5) is 0 Å². The van der Waals surface area contributed by atoms with Crippen LogP contribution in [0.3, 0.4) is 0 Å². The number of hydrogen-bond donors (Lipinski definition) is 0. The second-order valence-electron chi connectivity index (χ2n) is 3.25. The molecule has 1 rings (SSSR count). The van der Waals surface area contributed by atoms with E-state index in [0.29, 0.717) is 0 Å². The van der Waals surface area contributed by atoms with E-state index in [4.69, 9.17) is 4.42 Å². The molecule has 92 valence electrons. The molecular formula is C11H12O6. The van der Waals surface area contributed by atoms with Gasteiger partial charge in [0.1, 0.15) is 17.7 Å². The maximum absolute atomic E-state index is 11.5. The molecule has 6 heteroatoms. The van der Waals surface area contributed by atoms with Crippen LogP contribution in [-0.4, -0.2) is 31.9 Å². The van der Waals surface area contributed by atoms with Crippen molar-refractivity contribution in [3.63, 3.8) is 0 Å². The zero-order chi connectivity index (χ0) is 13.0. The number of carbonyl (C=O) groups is 3. The number of furan rings is 1. The average molecular weight is 240 g/mol. The number of ketones is 1. The molecule has 0 unspecified atom stereocenters. The highest BCUT2D eigenvalue weighted by Gasteiger charge is 2.21. The van der Waals surface area contributed by atoms with Crippen molar-refractivity contribution in [3.8, 4) is 0 Å². The summed E-state index contributed by atoms with van der Waals surface area (Å²) in [5.41, 5.74) is 0.167. The van der Waals surface area contributed by atoms with Gasteiger partial charge in [0, 0.05) is 6.07 Å². The third kappa shape index (κ3) is 2.93. The molecule has 0 amide bonds. The average Bonchev–Trinajstić information content (AvgIpc) is 2.70. The van der Waals surface area contributed by atoms with E-state index in [9.17, 15) is 14.4 Å². The predicted molar refractivity (Wildman–Crippen MR) is 55.7 cm³/mol. The summed E-state index contributed by atoms with van der Waals surface area (Å²) in [6.45, 7) is 1.53. The van der Waals surface area contributed by atoms with Gasteiger partial charge in [-0.1, -0.05) is 0 Å². The van der Waals surface area contributed by atoms with Crippen LogP contribution in [0.2, 0.25) is 0 Å². The van der Waals surface area contributed by atoms with Crippen molar-refractivity contribution >= 4 is 17.7 Å². The van der Waals surface area contributed by atoms with Gasteiger partial charge in [-0.3, -0.25) is 9.59 Å². The number of aryl methyl sites for hydroxylation is 1. The van der Waals surface area contributed by atoms with Gasteiger partial charge < -0.3 is 13.9 Å². The zero-order valence-electron chi connectivity index (χ0n) is 9.73. The van der Waals surface area contributed by atoms with Crippen molar-refractivity contribution in [1.82, 2.24) is 0 Å². The van der Waals surface area contributed by atoms with Gasteiger partial charge in [0.05, 0.1) is 14.2 Å². The van der Waals surface area contributed by atoms with Crippen molar-refractivity contribution < 1.29 is 28.3 Å². The topological polar surface area (TPSA) is 82.8 Å². The summed E-state index contributed by atoms with van der Waals surface area (Å²) in [7, 11) is 2.41. The molecule has 0 aliphatic rings. The van der Waals surface area contributed by atoms with Crippen LogP contribution < -0.4 is 0 Å². The maximum atomic E-state index is 11.5. The second-order valence-corrected chi connectivity index (χ2v) is 3.25. The minimum Gasteiger partial charge on any atom is -0.469 e. The van der Waals surface area contributed by atoms with E-state index in [2.05, 4.69) is 9.47 Å². The molecule has 0 saturated heterocycles. The third-order valence-electron chi connectivity index (χ3n) is 2.13. The fourth-order valence-electron chi connectivity index (χ4n) is 1.22. The highest BCUT2D eigenvalue weighted by atomic mass is 16.5. The molecule has 0 saturated carbocycles. The highest BCUT2D eigenvalue weighted by Crippen LogP contribution is 2.17. The van der Waals surface area contributed by atoms with Gasteiger partial charge >= 0.3 is 11.9 Å². The summed E-state index contributed by atoms with van der Waals surface area (Å²) in [6, 6.07) is 1.26. The molecule has 0 N–H and O–H groups in total. The summed E-state index contributed by atoms with van der Waals surface area (Å²) in [4.78, 5) is 33.7. The molecule has 0 bridgehead atoms. The molecule has 1 heterocycles. The molecule has 0 aromatic carbocycles. The molecular weight excluding hydrogens is 228 g/mol. The van der Waals surface area contributed by atoms with Crippen LogP contribution in [0, 0.1) is 6.92 Å². The number of Topliss-reactive ketones (excluding diaryl/α,β-unsaturated/α-hetero) is 1. The first-order valence-electron chi connectivity index (χ1n) is 4.78. The van der Waals surface area contributed by atoms with Crippen molar-refractivity contribution in [3.05, 3.63) is 23.2 Å². The van der Waals surface area contributed by atoms with Crippen LogP contribution >= 0.6 is 0 Å². The number of carbonyl (C=O) groups excluding carboxylic acids is 3. The van der Waals surface area contributed by atoms with Crippen LogP contribution in [-0.2, 0) is 14.3 Å². The quantitative estimate of drug-likeness (QED) is 0.445. The summed E-state index contributed by atoms with van der Waals surface area (Å²) in [5, 5.41) is 0. The van der Waals surface area contributed by atoms with Crippen LogP contribution in [0.15, 0.2) is 10.5 Å². The largest absolute Gasteiger partial charge is 0.469 e. The maximum Gasteiger partial charge on any atom is 0.341 e. The van der Waals surface area contributed by atoms with Gasteiger partial charge in [0.15, 0.2) is 5.76 Å². The van der Waals surface area contributed by atoms with E-state index in [1.54, 1.807) is 0 Å². The van der Waals surface area contributed by atoms with Crippen molar-refractivity contribution in [2.24, 2.45) is 0 Å². The van der Waals surface area contributed by atoms with Gasteiger partial charge in [0.2, 0.25) is 5.78 Å². The number of methoxy groups -OCH3 is 2. The third-order valence-corrected chi connectivity index (χ3v) is 2.13. The highest BCUT2D eigenvalue weighted by molar-refractivity contribution is 6.05. The Hall–Kier alpha value is -2.11. The van der Waals surface area contributed by atoms with Gasteiger partial charge in [-0.15, -0.1) is 0 Å². The number of rotatable bonds is 4. The SMILES string of the molecule is COC(=O)CC(=O)c1cc(C(=O)OC)c(C)o1. The van der Waals surface area contributed by atoms with Crippen LogP contribution in [0.5, 0.6) is 0 Å². The van der Waals surface area contributed by atoms with Gasteiger partial charge in [0.25, 0.3) is 0 Å². The summed E-state index contributed by atoms with van der Waals surface area (Å²) in [6.07, 6.45) is -0.427.